The number of hydrogen-bond acceptors (Lipinski definition) is 6. The first-order valence-electron chi connectivity index (χ1n) is 5.72. The minimum atomic E-state index is -3.81. The van der Waals surface area contributed by atoms with Crippen LogP contribution in [0.4, 0.5) is 11.4 Å². The van der Waals surface area contributed by atoms with Crippen LogP contribution in [0.15, 0.2) is 17.0 Å². The van der Waals surface area contributed by atoms with Gasteiger partial charge < -0.3 is 0 Å². The van der Waals surface area contributed by atoms with Gasteiger partial charge in [0.05, 0.1) is 26.6 Å². The fraction of sp³-hybridized carbons (Fsp3) is 0.455. The first-order chi connectivity index (χ1) is 9.06. The van der Waals surface area contributed by atoms with E-state index in [0.29, 0.717) is 0 Å². The van der Waals surface area contributed by atoms with Crippen molar-refractivity contribution in [1.82, 2.24) is 0 Å². The van der Waals surface area contributed by atoms with E-state index in [1.807, 2.05) is 0 Å². The molecule has 1 aromatic carbocycles. The topological polar surface area (TPSA) is 120 Å². The third-order valence-corrected chi connectivity index (χ3v) is 4.81. The molecule has 0 N–H and O–H groups in total. The van der Waals surface area contributed by atoms with Gasteiger partial charge in [0.25, 0.3) is 11.4 Å². The van der Waals surface area contributed by atoms with Crippen LogP contribution in [0, 0.1) is 33.1 Å². The van der Waals surface area contributed by atoms with E-state index in [4.69, 9.17) is 0 Å². The van der Waals surface area contributed by atoms with Crippen molar-refractivity contribution in [2.45, 2.75) is 25.7 Å². The highest BCUT2D eigenvalue weighted by molar-refractivity contribution is 7.91. The van der Waals surface area contributed by atoms with E-state index in [0.717, 1.165) is 12.1 Å². The molecule has 0 unspecified atom stereocenters. The van der Waals surface area contributed by atoms with E-state index in [9.17, 15) is 28.6 Å². The molecule has 9 heteroatoms. The number of nitro groups is 2. The highest BCUT2D eigenvalue weighted by Crippen LogP contribution is 2.31. The molecule has 0 radical (unpaired) electrons. The molecule has 8 nitrogen and oxygen atoms in total. The molecule has 110 valence electrons. The summed E-state index contributed by atoms with van der Waals surface area (Å²) in [6.07, 6.45) is 0. The molecule has 0 heterocycles. The van der Waals surface area contributed by atoms with Gasteiger partial charge in [0, 0.05) is 11.6 Å². The predicted molar refractivity (Wildman–Crippen MR) is 71.4 cm³/mol. The molecule has 0 amide bonds. The van der Waals surface area contributed by atoms with Gasteiger partial charge in [-0.1, -0.05) is 13.8 Å². The first kappa shape index (κ1) is 16.0. The van der Waals surface area contributed by atoms with Crippen LogP contribution in [-0.4, -0.2) is 24.0 Å². The summed E-state index contributed by atoms with van der Waals surface area (Å²) >= 11 is 0. The van der Waals surface area contributed by atoms with E-state index in [1.54, 1.807) is 13.8 Å². The number of nitrogens with zero attached hydrogens (tertiary/aromatic N) is 2. The molecule has 0 aliphatic heterocycles. The molecule has 0 spiro atoms. The van der Waals surface area contributed by atoms with Crippen LogP contribution in [0.5, 0.6) is 0 Å². The average Bonchev–Trinajstić information content (AvgIpc) is 2.26. The first-order valence-corrected chi connectivity index (χ1v) is 7.37. The minimum absolute atomic E-state index is 0.0822. The van der Waals surface area contributed by atoms with Crippen molar-refractivity contribution in [3.8, 4) is 0 Å². The molecule has 20 heavy (non-hydrogen) atoms. The molecule has 0 saturated carbocycles. The Balaban J connectivity index is 3.62. The van der Waals surface area contributed by atoms with Gasteiger partial charge in [0.1, 0.15) is 0 Å². The Kier molecular flexibility index (Phi) is 4.43. The number of hydrogen-bond donors (Lipinski definition) is 0. The van der Waals surface area contributed by atoms with Crippen molar-refractivity contribution in [3.63, 3.8) is 0 Å². The van der Waals surface area contributed by atoms with Crippen LogP contribution in [0.2, 0.25) is 0 Å². The van der Waals surface area contributed by atoms with Crippen molar-refractivity contribution >= 4 is 21.2 Å². The number of sulfone groups is 1. The Morgan fingerprint density at radius 2 is 1.70 bits per heavy atom. The zero-order valence-corrected chi connectivity index (χ0v) is 12.0. The molecule has 0 aliphatic carbocycles. The monoisotopic (exact) mass is 302 g/mol. The van der Waals surface area contributed by atoms with Crippen LogP contribution >= 0.6 is 0 Å². The SMILES string of the molecule is Cc1c([N+](=O)[O-])cc([N+](=O)[O-])cc1S(=O)(=O)CC(C)C. The lowest BCUT2D eigenvalue weighted by Gasteiger charge is -2.10. The van der Waals surface area contributed by atoms with Gasteiger partial charge in [0.2, 0.25) is 0 Å². The molecule has 1 rings (SSSR count). The van der Waals surface area contributed by atoms with Gasteiger partial charge in [-0.25, -0.2) is 8.42 Å². The van der Waals surface area contributed by atoms with Crippen LogP contribution in [0.25, 0.3) is 0 Å². The van der Waals surface area contributed by atoms with Gasteiger partial charge in [-0.15, -0.1) is 0 Å². The number of rotatable bonds is 5. The average molecular weight is 302 g/mol. The summed E-state index contributed by atoms with van der Waals surface area (Å²) in [5, 5.41) is 21.7. The summed E-state index contributed by atoms with van der Waals surface area (Å²) in [7, 11) is -3.81. The zero-order chi connectivity index (χ0) is 15.7. The molecule has 1 aromatic rings. The molecule has 0 aliphatic rings. The fourth-order valence-electron chi connectivity index (χ4n) is 1.81. The summed E-state index contributed by atoms with van der Waals surface area (Å²) in [6.45, 7) is 4.63. The van der Waals surface area contributed by atoms with Gasteiger partial charge in [0.15, 0.2) is 9.84 Å². The van der Waals surface area contributed by atoms with Crippen molar-refractivity contribution < 1.29 is 18.3 Å². The molecular weight excluding hydrogens is 288 g/mol. The largest absolute Gasteiger partial charge is 0.280 e. The zero-order valence-electron chi connectivity index (χ0n) is 11.2. The third-order valence-electron chi connectivity index (χ3n) is 2.61. The molecule has 0 aromatic heterocycles. The maximum Gasteiger partial charge on any atom is 0.280 e. The molecular formula is C11H14N2O6S. The smallest absolute Gasteiger partial charge is 0.258 e. The number of non-ortho nitro benzene ring substituents is 1. The van der Waals surface area contributed by atoms with Crippen molar-refractivity contribution in [3.05, 3.63) is 37.9 Å². The quantitative estimate of drug-likeness (QED) is 0.607. The van der Waals surface area contributed by atoms with Crippen molar-refractivity contribution in [1.29, 1.82) is 0 Å². The second-order valence-electron chi connectivity index (χ2n) is 4.78. The number of nitro benzene ring substituents is 2. The summed E-state index contributed by atoms with van der Waals surface area (Å²) in [5.41, 5.74) is -1.26. The third kappa shape index (κ3) is 3.29. The maximum absolute atomic E-state index is 12.2. The van der Waals surface area contributed by atoms with Crippen molar-refractivity contribution in [2.75, 3.05) is 5.75 Å². The Labute approximate surface area is 115 Å². The Morgan fingerprint density at radius 3 is 2.10 bits per heavy atom. The summed E-state index contributed by atoms with van der Waals surface area (Å²) in [6, 6.07) is 1.64. The minimum Gasteiger partial charge on any atom is -0.258 e. The summed E-state index contributed by atoms with van der Waals surface area (Å²) in [5.74, 6) is -0.427. The van der Waals surface area contributed by atoms with E-state index in [1.165, 1.54) is 6.92 Å². The normalized spacial score (nSPS) is 11.6. The second-order valence-corrected chi connectivity index (χ2v) is 6.78. The predicted octanol–water partition coefficient (Wildman–Crippen LogP) is 2.24. The maximum atomic E-state index is 12.2. The van der Waals surface area contributed by atoms with Gasteiger partial charge in [-0.3, -0.25) is 20.2 Å². The molecule has 0 fully saturated rings. The van der Waals surface area contributed by atoms with Crippen LogP contribution < -0.4 is 0 Å². The van der Waals surface area contributed by atoms with Crippen molar-refractivity contribution in [2.24, 2.45) is 5.92 Å². The molecule has 0 atom stereocenters. The summed E-state index contributed by atoms with van der Waals surface area (Å²) in [4.78, 5) is 19.6. The fourth-order valence-corrected chi connectivity index (χ4v) is 3.73. The Hall–Kier alpha value is -2.03. The summed E-state index contributed by atoms with van der Waals surface area (Å²) < 4.78 is 24.3. The lowest BCUT2D eigenvalue weighted by atomic mass is 10.2. The highest BCUT2D eigenvalue weighted by Gasteiger charge is 2.28. The standard InChI is InChI=1S/C11H14N2O6S/c1-7(2)6-20(18,19)11-5-9(12(14)15)4-10(8(11)3)13(16)17/h4-5,7H,6H2,1-3H3. The lowest BCUT2D eigenvalue weighted by Crippen LogP contribution is -2.14. The lowest BCUT2D eigenvalue weighted by molar-refractivity contribution is -0.394. The molecule has 0 bridgehead atoms. The Bertz CT molecular complexity index is 666. The van der Waals surface area contributed by atoms with Gasteiger partial charge in [-0.05, 0) is 12.8 Å². The van der Waals surface area contributed by atoms with Gasteiger partial charge in [-0.2, -0.15) is 0 Å². The van der Waals surface area contributed by atoms with Crippen LogP contribution in [0.1, 0.15) is 19.4 Å². The number of benzene rings is 1. The van der Waals surface area contributed by atoms with E-state index < -0.39 is 31.1 Å². The second kappa shape index (κ2) is 5.53. The van der Waals surface area contributed by atoms with E-state index in [2.05, 4.69) is 0 Å². The highest BCUT2D eigenvalue weighted by atomic mass is 32.2. The van der Waals surface area contributed by atoms with Crippen LogP contribution in [0.3, 0.4) is 0 Å². The van der Waals surface area contributed by atoms with Gasteiger partial charge >= 0.3 is 0 Å². The van der Waals surface area contributed by atoms with E-state index >= 15 is 0 Å². The van der Waals surface area contributed by atoms with E-state index in [-0.39, 0.29) is 22.1 Å². The van der Waals surface area contributed by atoms with Crippen LogP contribution in [-0.2, 0) is 9.84 Å². The molecule has 0 saturated heterocycles. The Morgan fingerprint density at radius 1 is 1.15 bits per heavy atom.